The number of ether oxygens (including phenoxy) is 1. The van der Waals surface area contributed by atoms with Crippen LogP contribution in [-0.4, -0.2) is 54.1 Å². The zero-order chi connectivity index (χ0) is 17.6. The zero-order valence-corrected chi connectivity index (χ0v) is 16.8. The largest absolute Gasteiger partial charge is 0.497 e. The van der Waals surface area contributed by atoms with Crippen LogP contribution in [0.5, 0.6) is 5.75 Å². The first-order valence-corrected chi connectivity index (χ1v) is 8.06. The first-order chi connectivity index (χ1) is 12.2. The van der Waals surface area contributed by atoms with E-state index in [1.54, 1.807) is 24.5 Å². The van der Waals surface area contributed by atoms with Crippen molar-refractivity contribution in [2.45, 2.75) is 6.54 Å². The summed E-state index contributed by atoms with van der Waals surface area (Å²) in [6.45, 7) is 3.32. The maximum atomic E-state index is 13.5. The Bertz CT molecular complexity index is 737. The van der Waals surface area contributed by atoms with Crippen LogP contribution in [0.25, 0.3) is 0 Å². The number of aromatic nitrogens is 2. The number of rotatable bonds is 4. The highest BCUT2D eigenvalue weighted by molar-refractivity contribution is 14.0. The standard InChI is InChI=1S/C17H21FN6O.HI/c1-25-15-10-13(9-14(18)11-15)12-22-16(19)23-5-7-24(8-6-23)17-20-3-2-4-21-17;/h2-4,9-11H,5-8,12H2,1H3,(H2,19,22);1H. The molecule has 0 unspecified atom stereocenters. The molecule has 26 heavy (non-hydrogen) atoms. The Labute approximate surface area is 169 Å². The number of aliphatic imine (C=N–C) groups is 1. The summed E-state index contributed by atoms with van der Waals surface area (Å²) in [6.07, 6.45) is 3.47. The Balaban J connectivity index is 0.00000243. The number of nitrogens with zero attached hydrogens (tertiary/aromatic N) is 5. The van der Waals surface area contributed by atoms with Crippen molar-refractivity contribution < 1.29 is 9.13 Å². The van der Waals surface area contributed by atoms with Gasteiger partial charge in [0.15, 0.2) is 5.96 Å². The maximum Gasteiger partial charge on any atom is 0.225 e. The van der Waals surface area contributed by atoms with E-state index in [0.717, 1.165) is 37.7 Å². The Hall–Kier alpha value is -2.17. The quantitative estimate of drug-likeness (QED) is 0.416. The van der Waals surface area contributed by atoms with Crippen molar-refractivity contribution in [2.24, 2.45) is 10.7 Å². The molecule has 0 spiro atoms. The van der Waals surface area contributed by atoms with Gasteiger partial charge in [0.05, 0.1) is 13.7 Å². The normalized spacial score (nSPS) is 14.8. The molecular formula is C17H22FIN6O. The molecule has 0 atom stereocenters. The van der Waals surface area contributed by atoms with Crippen molar-refractivity contribution in [1.82, 2.24) is 14.9 Å². The monoisotopic (exact) mass is 472 g/mol. The minimum absolute atomic E-state index is 0. The van der Waals surface area contributed by atoms with Gasteiger partial charge < -0.3 is 20.3 Å². The molecule has 1 aromatic carbocycles. The molecule has 7 nitrogen and oxygen atoms in total. The van der Waals surface area contributed by atoms with E-state index in [-0.39, 0.29) is 29.8 Å². The fourth-order valence-electron chi connectivity index (χ4n) is 2.69. The lowest BCUT2D eigenvalue weighted by Gasteiger charge is -2.35. The zero-order valence-electron chi connectivity index (χ0n) is 14.5. The molecule has 0 saturated carbocycles. The van der Waals surface area contributed by atoms with Gasteiger partial charge in [-0.15, -0.1) is 24.0 Å². The molecule has 1 saturated heterocycles. The number of anilines is 1. The van der Waals surface area contributed by atoms with E-state index in [1.165, 1.54) is 19.2 Å². The van der Waals surface area contributed by atoms with Gasteiger partial charge in [-0.05, 0) is 23.8 Å². The van der Waals surface area contributed by atoms with E-state index in [1.807, 2.05) is 4.90 Å². The van der Waals surface area contributed by atoms with E-state index < -0.39 is 0 Å². The summed E-state index contributed by atoms with van der Waals surface area (Å²) in [5.74, 6) is 1.31. The minimum atomic E-state index is -0.348. The van der Waals surface area contributed by atoms with Crippen LogP contribution in [0.1, 0.15) is 5.56 Å². The molecule has 2 N–H and O–H groups in total. The summed E-state index contributed by atoms with van der Waals surface area (Å²) in [6, 6.07) is 6.32. The first-order valence-electron chi connectivity index (χ1n) is 8.06. The van der Waals surface area contributed by atoms with Crippen molar-refractivity contribution in [3.63, 3.8) is 0 Å². The Morgan fingerprint density at radius 2 is 1.88 bits per heavy atom. The molecule has 0 amide bonds. The molecule has 2 heterocycles. The number of halogens is 2. The van der Waals surface area contributed by atoms with E-state index in [9.17, 15) is 4.39 Å². The molecule has 9 heteroatoms. The topological polar surface area (TPSA) is 79.9 Å². The van der Waals surface area contributed by atoms with Gasteiger partial charge >= 0.3 is 0 Å². The van der Waals surface area contributed by atoms with Crippen LogP contribution in [0.15, 0.2) is 41.7 Å². The Morgan fingerprint density at radius 1 is 1.19 bits per heavy atom. The molecule has 0 bridgehead atoms. The minimum Gasteiger partial charge on any atom is -0.497 e. The second-order valence-corrected chi connectivity index (χ2v) is 5.70. The molecule has 0 aliphatic carbocycles. The fraction of sp³-hybridized carbons (Fsp3) is 0.353. The molecule has 3 rings (SSSR count). The third-order valence-electron chi connectivity index (χ3n) is 4.03. The van der Waals surface area contributed by atoms with Gasteiger partial charge in [-0.2, -0.15) is 0 Å². The molecule has 1 aliphatic heterocycles. The van der Waals surface area contributed by atoms with Gasteiger partial charge in [0, 0.05) is 44.6 Å². The fourth-order valence-corrected chi connectivity index (χ4v) is 2.69. The van der Waals surface area contributed by atoms with Crippen molar-refractivity contribution >= 4 is 35.9 Å². The van der Waals surface area contributed by atoms with Crippen LogP contribution in [-0.2, 0) is 6.54 Å². The average molecular weight is 472 g/mol. The number of hydrogen-bond acceptors (Lipinski definition) is 5. The van der Waals surface area contributed by atoms with Gasteiger partial charge in [0.25, 0.3) is 0 Å². The first kappa shape index (κ1) is 20.1. The molecule has 140 valence electrons. The van der Waals surface area contributed by atoms with Crippen LogP contribution >= 0.6 is 24.0 Å². The van der Waals surface area contributed by atoms with Crippen LogP contribution in [0, 0.1) is 5.82 Å². The molecule has 1 fully saturated rings. The Kier molecular flexibility index (Phi) is 7.37. The highest BCUT2D eigenvalue weighted by atomic mass is 127. The number of nitrogens with two attached hydrogens (primary N) is 1. The molecule has 0 radical (unpaired) electrons. The van der Waals surface area contributed by atoms with Gasteiger partial charge in [-0.25, -0.2) is 19.4 Å². The van der Waals surface area contributed by atoms with Gasteiger partial charge in [0.1, 0.15) is 11.6 Å². The van der Waals surface area contributed by atoms with Crippen molar-refractivity contribution in [2.75, 3.05) is 38.2 Å². The van der Waals surface area contributed by atoms with Crippen molar-refractivity contribution in [3.8, 4) is 5.75 Å². The van der Waals surface area contributed by atoms with Crippen LogP contribution in [0.4, 0.5) is 10.3 Å². The predicted octanol–water partition coefficient (Wildman–Crippen LogP) is 1.88. The smallest absolute Gasteiger partial charge is 0.225 e. The van der Waals surface area contributed by atoms with E-state index in [0.29, 0.717) is 18.3 Å². The van der Waals surface area contributed by atoms with Gasteiger partial charge in [-0.3, -0.25) is 0 Å². The van der Waals surface area contributed by atoms with Crippen molar-refractivity contribution in [1.29, 1.82) is 0 Å². The van der Waals surface area contributed by atoms with Crippen molar-refractivity contribution in [3.05, 3.63) is 48.0 Å². The summed E-state index contributed by atoms with van der Waals surface area (Å²) in [7, 11) is 1.51. The van der Waals surface area contributed by atoms with E-state index in [2.05, 4.69) is 19.9 Å². The lowest BCUT2D eigenvalue weighted by atomic mass is 10.2. The summed E-state index contributed by atoms with van der Waals surface area (Å²) >= 11 is 0. The Morgan fingerprint density at radius 3 is 2.54 bits per heavy atom. The SMILES string of the molecule is COc1cc(F)cc(CN=C(N)N2CCN(c3ncccn3)CC2)c1.I. The lowest BCUT2D eigenvalue weighted by Crippen LogP contribution is -2.51. The second-order valence-electron chi connectivity index (χ2n) is 5.70. The summed E-state index contributed by atoms with van der Waals surface area (Å²) in [4.78, 5) is 17.0. The van der Waals surface area contributed by atoms with Crippen LogP contribution in [0.2, 0.25) is 0 Å². The highest BCUT2D eigenvalue weighted by Gasteiger charge is 2.19. The van der Waals surface area contributed by atoms with Gasteiger partial charge in [0.2, 0.25) is 5.95 Å². The molecule has 1 aliphatic rings. The molecule has 1 aromatic heterocycles. The third kappa shape index (κ3) is 5.16. The maximum absolute atomic E-state index is 13.5. The lowest BCUT2D eigenvalue weighted by molar-refractivity contribution is 0.378. The molecule has 2 aromatic rings. The number of hydrogen-bond donors (Lipinski definition) is 1. The van der Waals surface area contributed by atoms with Crippen LogP contribution in [0.3, 0.4) is 0 Å². The summed E-state index contributed by atoms with van der Waals surface area (Å²) < 4.78 is 18.6. The second kappa shape index (κ2) is 9.51. The van der Waals surface area contributed by atoms with Crippen LogP contribution < -0.4 is 15.4 Å². The number of piperazine rings is 1. The third-order valence-corrected chi connectivity index (χ3v) is 4.03. The summed E-state index contributed by atoms with van der Waals surface area (Å²) in [5, 5.41) is 0. The highest BCUT2D eigenvalue weighted by Crippen LogP contribution is 2.17. The summed E-state index contributed by atoms with van der Waals surface area (Å²) in [5.41, 5.74) is 6.81. The molecular weight excluding hydrogens is 450 g/mol. The predicted molar refractivity (Wildman–Crippen MR) is 110 cm³/mol. The number of guanidine groups is 1. The van der Waals surface area contributed by atoms with E-state index in [4.69, 9.17) is 10.5 Å². The number of methoxy groups -OCH3 is 1. The van der Waals surface area contributed by atoms with E-state index >= 15 is 0 Å². The van der Waals surface area contributed by atoms with Gasteiger partial charge in [-0.1, -0.05) is 0 Å². The average Bonchev–Trinajstić information content (AvgIpc) is 2.66. The number of benzene rings is 1.